The average molecular weight is 867 g/mol. The molecule has 1 radical (unpaired) electrons. The quantitative estimate of drug-likeness (QED) is 0.123. The van der Waals surface area contributed by atoms with Crippen molar-refractivity contribution in [3.63, 3.8) is 0 Å². The molecule has 0 bridgehead atoms. The van der Waals surface area contributed by atoms with E-state index in [1.807, 2.05) is 88.5 Å². The van der Waals surface area contributed by atoms with Gasteiger partial charge in [-0.1, -0.05) is 134 Å². The van der Waals surface area contributed by atoms with E-state index in [0.29, 0.717) is 0 Å². The minimum absolute atomic E-state index is 0. The topological polar surface area (TPSA) is 38.9 Å². The summed E-state index contributed by atoms with van der Waals surface area (Å²) < 4.78 is 23.3. The van der Waals surface area contributed by atoms with Gasteiger partial charge in [0.05, 0.1) is 13.7 Å². The van der Waals surface area contributed by atoms with Gasteiger partial charge >= 0.3 is 0 Å². The van der Waals surface area contributed by atoms with Crippen LogP contribution >= 0.6 is 0 Å². The minimum Gasteiger partial charge on any atom is -0.501 e. The fourth-order valence-electron chi connectivity index (χ4n) is 6.81. The molecule has 0 fully saturated rings. The number of aryl methyl sites for hydroxylation is 3. The monoisotopic (exact) mass is 867 g/mol. The summed E-state index contributed by atoms with van der Waals surface area (Å²) in [5.74, 6) is -1.32. The summed E-state index contributed by atoms with van der Waals surface area (Å²) >= 11 is 0. The number of furan rings is 1. The molecule has 0 saturated heterocycles. The molecule has 0 aliphatic carbocycles. The Hall–Kier alpha value is -4.15. The van der Waals surface area contributed by atoms with E-state index in [-0.39, 0.29) is 20.1 Å². The SMILES string of the molecule is [2H]C(C)(C)c1cc(-c2[c-]cccc2)ncc1[Si](C)(C)C.[2H]C(C)(C)c1ccnc(-c2[c-]cc(-c3c(C)cc(C)cc3C)c3c2oc2ccccc23)c1.[Ir]. The Morgan fingerprint density at radius 2 is 1.49 bits per heavy atom. The number of aromatic nitrogens is 2. The Balaban J connectivity index is 0.000000223. The van der Waals surface area contributed by atoms with Crippen molar-refractivity contribution in [1.29, 1.82) is 0 Å². The summed E-state index contributed by atoms with van der Waals surface area (Å²) in [7, 11) is -1.50. The number of rotatable bonds is 6. The van der Waals surface area contributed by atoms with Crippen LogP contribution < -0.4 is 5.19 Å². The average Bonchev–Trinajstić information content (AvgIpc) is 3.47. The van der Waals surface area contributed by atoms with Crippen LogP contribution in [-0.2, 0) is 20.1 Å². The summed E-state index contributed by atoms with van der Waals surface area (Å²) in [4.78, 5) is 9.23. The molecule has 0 aliphatic heterocycles. The minimum atomic E-state index is -1.50. The fourth-order valence-corrected chi connectivity index (χ4v) is 8.39. The number of hydrogen-bond donors (Lipinski definition) is 0. The number of benzene rings is 4. The maximum absolute atomic E-state index is 8.44. The van der Waals surface area contributed by atoms with Gasteiger partial charge in [-0.05, 0) is 66.7 Å². The van der Waals surface area contributed by atoms with Crippen molar-refractivity contribution in [3.05, 3.63) is 137 Å². The number of para-hydroxylation sites is 1. The maximum atomic E-state index is 8.44. The first-order valence-electron chi connectivity index (χ1n) is 18.3. The molecule has 4 aromatic carbocycles. The van der Waals surface area contributed by atoms with Crippen molar-refractivity contribution in [3.8, 4) is 33.6 Å². The van der Waals surface area contributed by atoms with E-state index in [9.17, 15) is 0 Å². The smallest absolute Gasteiger partial charge is 0.120 e. The van der Waals surface area contributed by atoms with E-state index in [0.717, 1.165) is 61.1 Å². The van der Waals surface area contributed by atoms with Crippen LogP contribution in [0.15, 0.2) is 102 Å². The van der Waals surface area contributed by atoms with Gasteiger partial charge in [-0.25, -0.2) is 0 Å². The number of pyridine rings is 2. The molecule has 51 heavy (non-hydrogen) atoms. The van der Waals surface area contributed by atoms with Gasteiger partial charge in [0, 0.05) is 40.6 Å². The Labute approximate surface area is 321 Å². The van der Waals surface area contributed by atoms with Crippen molar-refractivity contribution in [2.24, 2.45) is 0 Å². The van der Waals surface area contributed by atoms with Crippen molar-refractivity contribution in [2.45, 2.75) is 79.9 Å². The number of hydrogen-bond acceptors (Lipinski definition) is 3. The first kappa shape index (κ1) is 35.3. The summed E-state index contributed by atoms with van der Waals surface area (Å²) in [5, 5.41) is 3.45. The predicted molar refractivity (Wildman–Crippen MR) is 215 cm³/mol. The Morgan fingerprint density at radius 3 is 2.14 bits per heavy atom. The van der Waals surface area contributed by atoms with Crippen LogP contribution in [0.1, 0.15) is 70.0 Å². The summed E-state index contributed by atoms with van der Waals surface area (Å²) in [6.45, 7) is 21.0. The largest absolute Gasteiger partial charge is 0.501 e. The molecule has 0 atom stereocenters. The summed E-state index contributed by atoms with van der Waals surface area (Å²) in [6, 6.07) is 35.2. The molecule has 0 amide bonds. The van der Waals surface area contributed by atoms with Crippen molar-refractivity contribution in [1.82, 2.24) is 9.97 Å². The second-order valence-electron chi connectivity index (χ2n) is 14.7. The van der Waals surface area contributed by atoms with Crippen LogP contribution in [0.2, 0.25) is 19.6 Å². The molecule has 0 spiro atoms. The molecule has 3 nitrogen and oxygen atoms in total. The first-order chi connectivity index (χ1) is 24.4. The van der Waals surface area contributed by atoms with Gasteiger partial charge < -0.3 is 14.4 Å². The Kier molecular flexibility index (Phi) is 10.8. The second kappa shape index (κ2) is 15.6. The predicted octanol–water partition coefficient (Wildman–Crippen LogP) is 12.4. The van der Waals surface area contributed by atoms with Crippen LogP contribution in [-0.4, -0.2) is 18.0 Å². The second-order valence-corrected chi connectivity index (χ2v) is 19.8. The van der Waals surface area contributed by atoms with Crippen molar-refractivity contribution >= 4 is 35.2 Å². The normalized spacial score (nSPS) is 12.5. The summed E-state index contributed by atoms with van der Waals surface area (Å²) in [5.41, 5.74) is 13.2. The van der Waals surface area contributed by atoms with Crippen LogP contribution in [0.3, 0.4) is 0 Å². The third kappa shape index (κ3) is 8.02. The number of nitrogens with zero attached hydrogens (tertiary/aromatic N) is 2. The molecule has 5 heteroatoms. The van der Waals surface area contributed by atoms with E-state index in [2.05, 4.69) is 92.8 Å². The van der Waals surface area contributed by atoms with Crippen LogP contribution in [0, 0.1) is 32.9 Å². The van der Waals surface area contributed by atoms with Gasteiger partial charge in [-0.15, -0.1) is 48.0 Å². The zero-order chi connectivity index (χ0) is 37.6. The standard InChI is InChI=1S/C29H26NO.C17H22NSi.Ir/c1-17(2)21-12-13-30-25(16-21)22-10-11-24(27-19(4)14-18(3)15-20(27)5)28-23-8-6-7-9-26(23)31-29(22)28;1-13(2)15-11-16(14-9-7-6-8-10-14)18-12-17(15)19(3,4)5;/h6-9,11-17H,1-5H3;6-9,11-13H,1-5H3;/q2*-1;/i17D;13D;. The third-order valence-electron chi connectivity index (χ3n) is 9.23. The molecule has 7 aromatic rings. The molecular formula is C46H48IrN2OSi-2. The maximum Gasteiger partial charge on any atom is 0.120 e. The molecule has 0 aliphatic rings. The molecule has 263 valence electrons. The van der Waals surface area contributed by atoms with Crippen LogP contribution in [0.4, 0.5) is 0 Å². The van der Waals surface area contributed by atoms with Gasteiger partial charge in [0.15, 0.2) is 0 Å². The Morgan fingerprint density at radius 1 is 0.784 bits per heavy atom. The molecule has 7 rings (SSSR count). The van der Waals surface area contributed by atoms with E-state index in [4.69, 9.17) is 7.16 Å². The summed E-state index contributed by atoms with van der Waals surface area (Å²) in [6.07, 6.45) is 3.75. The molecular weight excluding hydrogens is 817 g/mol. The van der Waals surface area contributed by atoms with Crippen LogP contribution in [0.25, 0.3) is 55.6 Å². The van der Waals surface area contributed by atoms with Gasteiger partial charge in [0.2, 0.25) is 0 Å². The first-order valence-corrected chi connectivity index (χ1v) is 20.8. The van der Waals surface area contributed by atoms with Gasteiger partial charge in [0.1, 0.15) is 5.58 Å². The van der Waals surface area contributed by atoms with Gasteiger partial charge in [-0.2, -0.15) is 0 Å². The van der Waals surface area contributed by atoms with E-state index in [1.54, 1.807) is 6.20 Å². The third-order valence-corrected chi connectivity index (χ3v) is 11.2. The molecule has 0 N–H and O–H groups in total. The zero-order valence-corrected chi connectivity index (χ0v) is 34.8. The number of fused-ring (bicyclic) bond motifs is 3. The molecule has 3 aromatic heterocycles. The van der Waals surface area contributed by atoms with Crippen LogP contribution in [0.5, 0.6) is 0 Å². The molecule has 0 unspecified atom stereocenters. The van der Waals surface area contributed by atoms with Gasteiger partial charge in [-0.3, -0.25) is 0 Å². The Bertz CT molecular complexity index is 2380. The van der Waals surface area contributed by atoms with Crippen molar-refractivity contribution in [2.75, 3.05) is 0 Å². The molecule has 3 heterocycles. The zero-order valence-electron chi connectivity index (χ0n) is 33.4. The fraction of sp³-hybridized carbons (Fsp3) is 0.261. The van der Waals surface area contributed by atoms with E-state index >= 15 is 0 Å². The van der Waals surface area contributed by atoms with E-state index in [1.165, 1.54) is 27.4 Å². The van der Waals surface area contributed by atoms with Crippen molar-refractivity contribution < 1.29 is 27.3 Å². The van der Waals surface area contributed by atoms with Gasteiger partial charge in [0.25, 0.3) is 0 Å². The van der Waals surface area contributed by atoms with E-state index < -0.39 is 19.9 Å². The molecule has 0 saturated carbocycles.